The molecule has 0 aliphatic carbocycles. The van der Waals surface area contributed by atoms with Crippen molar-refractivity contribution < 1.29 is 5.11 Å². The maximum Gasteiger partial charge on any atom is 0.0622 e. The lowest BCUT2D eigenvalue weighted by molar-refractivity contribution is 0.342. The zero-order valence-corrected chi connectivity index (χ0v) is 8.02. The summed E-state index contributed by atoms with van der Waals surface area (Å²) in [4.78, 5) is 0. The van der Waals surface area contributed by atoms with Gasteiger partial charge in [0.15, 0.2) is 0 Å². The third kappa shape index (κ3) is 6.61. The molecule has 0 aliphatic heterocycles. The largest absolute Gasteiger partial charge is 0.392 e. The molecule has 0 aromatic rings. The van der Waals surface area contributed by atoms with Crippen LogP contribution in [0.4, 0.5) is 0 Å². The van der Waals surface area contributed by atoms with Gasteiger partial charge in [0.05, 0.1) is 6.61 Å². The second-order valence-corrected chi connectivity index (χ2v) is 3.39. The molecule has 0 rings (SSSR count). The van der Waals surface area contributed by atoms with Crippen molar-refractivity contribution >= 4 is 34.2 Å². The molecule has 0 saturated heterocycles. The molecular formula is C6H10ClIO. The van der Waals surface area contributed by atoms with Crippen LogP contribution in [0, 0.1) is 0 Å². The molecule has 0 heterocycles. The van der Waals surface area contributed by atoms with Crippen molar-refractivity contribution in [2.75, 3.05) is 12.5 Å². The van der Waals surface area contributed by atoms with Crippen molar-refractivity contribution in [3.8, 4) is 0 Å². The second kappa shape index (κ2) is 6.83. The topological polar surface area (TPSA) is 20.2 Å². The molecule has 54 valence electrons. The fourth-order valence-electron chi connectivity index (χ4n) is 0.437. The first-order valence-electron chi connectivity index (χ1n) is 2.82. The highest BCUT2D eigenvalue weighted by atomic mass is 127. The normalized spacial score (nSPS) is 12.1. The van der Waals surface area contributed by atoms with E-state index in [9.17, 15) is 0 Å². The van der Waals surface area contributed by atoms with Crippen LogP contribution in [0.3, 0.4) is 0 Å². The van der Waals surface area contributed by atoms with E-state index in [1.54, 1.807) is 6.08 Å². The van der Waals surface area contributed by atoms with E-state index < -0.39 is 0 Å². The van der Waals surface area contributed by atoms with E-state index in [0.717, 1.165) is 12.8 Å². The van der Waals surface area contributed by atoms with Crippen LogP contribution in [0.2, 0.25) is 0 Å². The van der Waals surface area contributed by atoms with Crippen molar-refractivity contribution in [2.45, 2.75) is 12.8 Å². The van der Waals surface area contributed by atoms with Crippen molar-refractivity contribution in [1.82, 2.24) is 0 Å². The van der Waals surface area contributed by atoms with Gasteiger partial charge in [-0.1, -0.05) is 0 Å². The Bertz CT molecular complexity index is 93.1. The summed E-state index contributed by atoms with van der Waals surface area (Å²) in [6.07, 6.45) is 3.79. The zero-order chi connectivity index (χ0) is 7.11. The molecule has 0 aromatic heterocycles. The van der Waals surface area contributed by atoms with E-state index in [-0.39, 0.29) is 6.61 Å². The number of rotatable bonds is 4. The standard InChI is InChI=1S/C6H10ClIO/c7-4-1-2-6(8)3-5-9/h3,9H,1-2,4-5H2/b6-3-. The summed E-state index contributed by atoms with van der Waals surface area (Å²) in [6, 6.07) is 0. The number of aliphatic hydroxyl groups is 1. The first-order chi connectivity index (χ1) is 4.31. The lowest BCUT2D eigenvalue weighted by Crippen LogP contribution is -1.79. The molecule has 0 unspecified atom stereocenters. The quantitative estimate of drug-likeness (QED) is 0.607. The monoisotopic (exact) mass is 260 g/mol. The Hall–Kier alpha value is 0.720. The van der Waals surface area contributed by atoms with E-state index >= 15 is 0 Å². The minimum Gasteiger partial charge on any atom is -0.392 e. The molecule has 0 saturated carbocycles. The number of alkyl halides is 1. The summed E-state index contributed by atoms with van der Waals surface area (Å²) in [6.45, 7) is 0.139. The Labute approximate surface area is 74.2 Å². The summed E-state index contributed by atoms with van der Waals surface area (Å²) >= 11 is 7.66. The molecule has 0 spiro atoms. The molecule has 0 fully saturated rings. The van der Waals surface area contributed by atoms with Crippen LogP contribution in [0.5, 0.6) is 0 Å². The highest BCUT2D eigenvalue weighted by Crippen LogP contribution is 2.12. The molecule has 0 radical (unpaired) electrons. The molecule has 9 heavy (non-hydrogen) atoms. The maximum absolute atomic E-state index is 8.42. The van der Waals surface area contributed by atoms with Crippen LogP contribution in [0.25, 0.3) is 0 Å². The summed E-state index contributed by atoms with van der Waals surface area (Å²) in [5.41, 5.74) is 0. The van der Waals surface area contributed by atoms with E-state index in [1.807, 2.05) is 0 Å². The molecular weight excluding hydrogens is 250 g/mol. The van der Waals surface area contributed by atoms with Crippen molar-refractivity contribution in [2.24, 2.45) is 0 Å². The number of halogens is 2. The van der Waals surface area contributed by atoms with E-state index in [4.69, 9.17) is 16.7 Å². The lowest BCUT2D eigenvalue weighted by Gasteiger charge is -1.93. The predicted octanol–water partition coefficient (Wildman–Crippen LogP) is 2.32. The average molecular weight is 261 g/mol. The van der Waals surface area contributed by atoms with Crippen LogP contribution < -0.4 is 0 Å². The number of aliphatic hydroxyl groups excluding tert-OH is 1. The highest BCUT2D eigenvalue weighted by molar-refractivity contribution is 14.1. The number of hydrogen-bond donors (Lipinski definition) is 1. The second-order valence-electron chi connectivity index (χ2n) is 1.63. The fraction of sp³-hybridized carbons (Fsp3) is 0.667. The van der Waals surface area contributed by atoms with Crippen molar-refractivity contribution in [1.29, 1.82) is 0 Å². The van der Waals surface area contributed by atoms with Gasteiger partial charge in [-0.25, -0.2) is 0 Å². The molecule has 0 bridgehead atoms. The van der Waals surface area contributed by atoms with Gasteiger partial charge in [-0.3, -0.25) is 0 Å². The first-order valence-corrected chi connectivity index (χ1v) is 4.44. The number of allylic oxidation sites excluding steroid dienone is 1. The maximum atomic E-state index is 8.42. The fourth-order valence-corrected chi connectivity index (χ4v) is 1.15. The summed E-state index contributed by atoms with van der Waals surface area (Å²) in [5.74, 6) is 0.700. The van der Waals surface area contributed by atoms with Crippen LogP contribution in [-0.4, -0.2) is 17.6 Å². The highest BCUT2D eigenvalue weighted by Gasteiger charge is 1.88. The Morgan fingerprint density at radius 1 is 1.67 bits per heavy atom. The number of hydrogen-bond acceptors (Lipinski definition) is 1. The molecule has 3 heteroatoms. The van der Waals surface area contributed by atoms with Crippen LogP contribution in [-0.2, 0) is 0 Å². The molecule has 0 aliphatic rings. The third-order valence-electron chi connectivity index (χ3n) is 0.862. The van der Waals surface area contributed by atoms with Crippen LogP contribution >= 0.6 is 34.2 Å². The first kappa shape index (κ1) is 9.72. The Morgan fingerprint density at radius 2 is 2.33 bits per heavy atom. The van der Waals surface area contributed by atoms with Gasteiger partial charge >= 0.3 is 0 Å². The van der Waals surface area contributed by atoms with Gasteiger partial charge in [0.1, 0.15) is 0 Å². The van der Waals surface area contributed by atoms with Gasteiger partial charge in [-0.05, 0) is 45.1 Å². The summed E-state index contributed by atoms with van der Waals surface area (Å²) in [7, 11) is 0. The minimum absolute atomic E-state index is 0.139. The molecule has 1 N–H and O–H groups in total. The molecule has 0 aromatic carbocycles. The Kier molecular flexibility index (Phi) is 7.38. The minimum atomic E-state index is 0.139. The van der Waals surface area contributed by atoms with Gasteiger partial charge in [-0.15, -0.1) is 11.6 Å². The van der Waals surface area contributed by atoms with E-state index in [2.05, 4.69) is 22.6 Å². The van der Waals surface area contributed by atoms with Crippen LogP contribution in [0.15, 0.2) is 9.66 Å². The summed E-state index contributed by atoms with van der Waals surface area (Å²) in [5, 5.41) is 8.42. The molecule has 0 amide bonds. The zero-order valence-electron chi connectivity index (χ0n) is 5.11. The molecule has 0 atom stereocenters. The van der Waals surface area contributed by atoms with Crippen LogP contribution in [0.1, 0.15) is 12.8 Å². The van der Waals surface area contributed by atoms with Gasteiger partial charge in [0.2, 0.25) is 0 Å². The SMILES string of the molecule is OC/C=C(\I)CCCCl. The van der Waals surface area contributed by atoms with Crippen molar-refractivity contribution in [3.05, 3.63) is 9.66 Å². The van der Waals surface area contributed by atoms with Gasteiger partial charge in [-0.2, -0.15) is 0 Å². The smallest absolute Gasteiger partial charge is 0.0622 e. The van der Waals surface area contributed by atoms with Gasteiger partial charge in [0, 0.05) is 5.88 Å². The lowest BCUT2D eigenvalue weighted by atomic mass is 10.3. The molecule has 1 nitrogen and oxygen atoms in total. The van der Waals surface area contributed by atoms with Gasteiger partial charge < -0.3 is 5.11 Å². The van der Waals surface area contributed by atoms with Gasteiger partial charge in [0.25, 0.3) is 0 Å². The van der Waals surface area contributed by atoms with E-state index in [1.165, 1.54) is 3.58 Å². The Balaban J connectivity index is 3.25. The van der Waals surface area contributed by atoms with Crippen molar-refractivity contribution in [3.63, 3.8) is 0 Å². The summed E-state index contributed by atoms with van der Waals surface area (Å²) < 4.78 is 1.19. The van der Waals surface area contributed by atoms with E-state index in [0.29, 0.717) is 5.88 Å². The Morgan fingerprint density at radius 3 is 2.78 bits per heavy atom. The average Bonchev–Trinajstić information content (AvgIpc) is 1.85. The third-order valence-corrected chi connectivity index (χ3v) is 2.11. The predicted molar refractivity (Wildman–Crippen MR) is 49.1 cm³/mol.